The highest BCUT2D eigenvalue weighted by Crippen LogP contribution is 2.22. The Morgan fingerprint density at radius 2 is 2.05 bits per heavy atom. The summed E-state index contributed by atoms with van der Waals surface area (Å²) >= 11 is 0. The minimum Gasteiger partial charge on any atom is -0.492 e. The molecule has 0 saturated carbocycles. The summed E-state index contributed by atoms with van der Waals surface area (Å²) in [7, 11) is 0. The number of aromatic nitrogens is 1. The maximum Gasteiger partial charge on any atom is 0.137 e. The van der Waals surface area contributed by atoms with Crippen molar-refractivity contribution in [1.29, 1.82) is 0 Å². The van der Waals surface area contributed by atoms with Crippen LogP contribution in [-0.2, 0) is 6.42 Å². The Morgan fingerprint density at radius 1 is 1.19 bits per heavy atom. The zero-order valence-corrected chi connectivity index (χ0v) is 13.1. The maximum atomic E-state index is 5.55. The Labute approximate surface area is 127 Å². The van der Waals surface area contributed by atoms with Crippen LogP contribution in [0.5, 0.6) is 5.75 Å². The molecular weight excluding hydrogens is 260 g/mol. The lowest BCUT2D eigenvalue weighted by Gasteiger charge is -2.19. The Morgan fingerprint density at radius 3 is 2.76 bits per heavy atom. The second-order valence-corrected chi connectivity index (χ2v) is 5.19. The predicted molar refractivity (Wildman–Crippen MR) is 86.7 cm³/mol. The molecule has 1 heterocycles. The Balaban J connectivity index is 2.19. The van der Waals surface area contributed by atoms with Crippen LogP contribution in [0.15, 0.2) is 42.7 Å². The van der Waals surface area contributed by atoms with E-state index in [2.05, 4.69) is 54.5 Å². The first-order valence-electron chi connectivity index (χ1n) is 7.59. The van der Waals surface area contributed by atoms with Gasteiger partial charge < -0.3 is 10.1 Å². The lowest BCUT2D eigenvalue weighted by Crippen LogP contribution is -2.23. The van der Waals surface area contributed by atoms with Gasteiger partial charge in [-0.2, -0.15) is 0 Å². The quantitative estimate of drug-likeness (QED) is 0.842. The van der Waals surface area contributed by atoms with Crippen molar-refractivity contribution in [1.82, 2.24) is 10.3 Å². The van der Waals surface area contributed by atoms with E-state index >= 15 is 0 Å². The fourth-order valence-corrected chi connectivity index (χ4v) is 2.50. The third kappa shape index (κ3) is 4.57. The number of rotatable bonds is 7. The molecule has 0 amide bonds. The summed E-state index contributed by atoms with van der Waals surface area (Å²) in [6.07, 6.45) is 4.64. The normalized spacial score (nSPS) is 12.1. The molecule has 2 aromatic rings. The minimum absolute atomic E-state index is 0.254. The van der Waals surface area contributed by atoms with E-state index in [0.717, 1.165) is 18.7 Å². The van der Waals surface area contributed by atoms with Crippen LogP contribution >= 0.6 is 0 Å². The van der Waals surface area contributed by atoms with Gasteiger partial charge in [0.2, 0.25) is 0 Å². The van der Waals surface area contributed by atoms with E-state index in [1.165, 1.54) is 16.7 Å². The topological polar surface area (TPSA) is 34.2 Å². The standard InChI is InChI=1S/C18H24N2O/c1-4-20-18(10-15-8-6-7-14(3)9-15)16-11-17(21-5-2)13-19-12-16/h6-9,11-13,18,20H,4-5,10H2,1-3H3. The summed E-state index contributed by atoms with van der Waals surface area (Å²) in [6, 6.07) is 11.0. The molecule has 1 aromatic heterocycles. The smallest absolute Gasteiger partial charge is 0.137 e. The molecule has 21 heavy (non-hydrogen) atoms. The van der Waals surface area contributed by atoms with Crippen molar-refractivity contribution in [3.8, 4) is 5.75 Å². The highest BCUT2D eigenvalue weighted by Gasteiger charge is 2.12. The predicted octanol–water partition coefficient (Wildman–Crippen LogP) is 3.68. The largest absolute Gasteiger partial charge is 0.492 e. The van der Waals surface area contributed by atoms with E-state index in [1.807, 2.05) is 13.1 Å². The highest BCUT2D eigenvalue weighted by molar-refractivity contribution is 5.29. The molecule has 0 fully saturated rings. The molecule has 1 aromatic carbocycles. The molecule has 0 spiro atoms. The number of ether oxygens (including phenoxy) is 1. The van der Waals surface area contributed by atoms with Crippen molar-refractivity contribution in [2.45, 2.75) is 33.2 Å². The molecule has 0 aliphatic heterocycles. The first-order valence-corrected chi connectivity index (χ1v) is 7.59. The Kier molecular flexibility index (Phi) is 5.76. The van der Waals surface area contributed by atoms with Crippen LogP contribution in [-0.4, -0.2) is 18.1 Å². The molecule has 0 bridgehead atoms. The van der Waals surface area contributed by atoms with Crippen molar-refractivity contribution in [3.63, 3.8) is 0 Å². The Bertz CT molecular complexity index is 569. The van der Waals surface area contributed by atoms with Crippen molar-refractivity contribution in [2.24, 2.45) is 0 Å². The van der Waals surface area contributed by atoms with Crippen LogP contribution < -0.4 is 10.1 Å². The monoisotopic (exact) mass is 284 g/mol. The number of benzene rings is 1. The van der Waals surface area contributed by atoms with Gasteiger partial charge in [-0.1, -0.05) is 36.8 Å². The summed E-state index contributed by atoms with van der Waals surface area (Å²) in [5.74, 6) is 0.835. The molecule has 1 atom stereocenters. The number of hydrogen-bond acceptors (Lipinski definition) is 3. The van der Waals surface area contributed by atoms with Crippen molar-refractivity contribution < 1.29 is 4.74 Å². The summed E-state index contributed by atoms with van der Waals surface area (Å²) < 4.78 is 5.55. The summed E-state index contributed by atoms with van der Waals surface area (Å²) in [5, 5.41) is 3.54. The first-order chi connectivity index (χ1) is 10.2. The fourth-order valence-electron chi connectivity index (χ4n) is 2.50. The SMILES string of the molecule is CCNC(Cc1cccc(C)c1)c1cncc(OCC)c1. The van der Waals surface area contributed by atoms with Crippen LogP contribution in [0.2, 0.25) is 0 Å². The molecule has 0 radical (unpaired) electrons. The lowest BCUT2D eigenvalue weighted by molar-refractivity contribution is 0.338. The third-order valence-electron chi connectivity index (χ3n) is 3.42. The number of likely N-dealkylation sites (N-methyl/N-ethyl adjacent to an activating group) is 1. The summed E-state index contributed by atoms with van der Waals surface area (Å²) in [5.41, 5.74) is 3.80. The van der Waals surface area contributed by atoms with Gasteiger partial charge in [0.15, 0.2) is 0 Å². The van der Waals surface area contributed by atoms with Gasteiger partial charge in [-0.3, -0.25) is 4.98 Å². The highest BCUT2D eigenvalue weighted by atomic mass is 16.5. The molecule has 0 aliphatic rings. The van der Waals surface area contributed by atoms with Gasteiger partial charge >= 0.3 is 0 Å². The Hall–Kier alpha value is -1.87. The van der Waals surface area contributed by atoms with Crippen LogP contribution in [0.3, 0.4) is 0 Å². The fraction of sp³-hybridized carbons (Fsp3) is 0.389. The van der Waals surface area contributed by atoms with Gasteiger partial charge in [-0.15, -0.1) is 0 Å². The van der Waals surface area contributed by atoms with Gasteiger partial charge in [-0.25, -0.2) is 0 Å². The molecule has 1 unspecified atom stereocenters. The lowest BCUT2D eigenvalue weighted by atomic mass is 9.99. The van der Waals surface area contributed by atoms with Crippen molar-refractivity contribution >= 4 is 0 Å². The zero-order chi connectivity index (χ0) is 15.1. The second-order valence-electron chi connectivity index (χ2n) is 5.19. The molecule has 3 heteroatoms. The van der Waals surface area contributed by atoms with Gasteiger partial charge in [0.1, 0.15) is 5.75 Å². The number of hydrogen-bond donors (Lipinski definition) is 1. The van der Waals surface area contributed by atoms with Gasteiger partial charge in [0.25, 0.3) is 0 Å². The van der Waals surface area contributed by atoms with Crippen LogP contribution in [0, 0.1) is 6.92 Å². The minimum atomic E-state index is 0.254. The molecule has 0 aliphatic carbocycles. The van der Waals surface area contributed by atoms with Crippen LogP contribution in [0.1, 0.15) is 36.6 Å². The van der Waals surface area contributed by atoms with E-state index in [-0.39, 0.29) is 6.04 Å². The van der Waals surface area contributed by atoms with Crippen molar-refractivity contribution in [2.75, 3.05) is 13.2 Å². The van der Waals surface area contributed by atoms with Gasteiger partial charge in [-0.05, 0) is 44.0 Å². The van der Waals surface area contributed by atoms with Gasteiger partial charge in [0, 0.05) is 12.2 Å². The van der Waals surface area contributed by atoms with E-state index in [4.69, 9.17) is 4.74 Å². The summed E-state index contributed by atoms with van der Waals surface area (Å²) in [4.78, 5) is 4.30. The average molecular weight is 284 g/mol. The zero-order valence-electron chi connectivity index (χ0n) is 13.1. The third-order valence-corrected chi connectivity index (χ3v) is 3.42. The first kappa shape index (κ1) is 15.5. The van der Waals surface area contributed by atoms with E-state index in [1.54, 1.807) is 6.20 Å². The van der Waals surface area contributed by atoms with Crippen molar-refractivity contribution in [3.05, 3.63) is 59.4 Å². The average Bonchev–Trinajstić information content (AvgIpc) is 2.47. The summed E-state index contributed by atoms with van der Waals surface area (Å²) in [6.45, 7) is 7.83. The maximum absolute atomic E-state index is 5.55. The molecule has 1 N–H and O–H groups in total. The van der Waals surface area contributed by atoms with Crippen LogP contribution in [0.25, 0.3) is 0 Å². The molecule has 3 nitrogen and oxygen atoms in total. The number of aryl methyl sites for hydroxylation is 1. The van der Waals surface area contributed by atoms with Gasteiger partial charge in [0.05, 0.1) is 12.8 Å². The molecule has 112 valence electrons. The molecule has 2 rings (SSSR count). The van der Waals surface area contributed by atoms with E-state index < -0.39 is 0 Å². The van der Waals surface area contributed by atoms with Crippen LogP contribution in [0.4, 0.5) is 0 Å². The van der Waals surface area contributed by atoms with E-state index in [9.17, 15) is 0 Å². The number of nitrogens with zero attached hydrogens (tertiary/aromatic N) is 1. The molecule has 0 saturated heterocycles. The number of nitrogens with one attached hydrogen (secondary N) is 1. The number of pyridine rings is 1. The second kappa shape index (κ2) is 7.79. The molecular formula is C18H24N2O. The van der Waals surface area contributed by atoms with E-state index in [0.29, 0.717) is 6.61 Å².